The van der Waals surface area contributed by atoms with Gasteiger partial charge in [0.1, 0.15) is 13.2 Å². The van der Waals surface area contributed by atoms with Gasteiger partial charge in [0.25, 0.3) is 15.9 Å². The highest BCUT2D eigenvalue weighted by Crippen LogP contribution is 2.32. The number of rotatable bonds is 4. The summed E-state index contributed by atoms with van der Waals surface area (Å²) in [5.74, 6) is 0.430. The number of nitrogens with zero attached hydrogens (tertiary/aromatic N) is 5. The van der Waals surface area contributed by atoms with E-state index in [2.05, 4.69) is 45.6 Å². The van der Waals surface area contributed by atoms with Crippen LogP contribution in [0.3, 0.4) is 0 Å². The van der Waals surface area contributed by atoms with Crippen molar-refractivity contribution in [3.05, 3.63) is 76.9 Å². The molecule has 1 amide bonds. The molecule has 11 nitrogen and oxygen atoms in total. The number of nitrogens with one attached hydrogen (secondary N) is 1. The van der Waals surface area contributed by atoms with Crippen molar-refractivity contribution >= 4 is 21.9 Å². The van der Waals surface area contributed by atoms with Crippen LogP contribution in [-0.4, -0.2) is 52.0 Å². The van der Waals surface area contributed by atoms with E-state index in [4.69, 9.17) is 9.26 Å². The van der Waals surface area contributed by atoms with E-state index in [1.54, 1.807) is 23.1 Å². The number of carbonyl (C=O) groups excluding carboxylic acids is 1. The van der Waals surface area contributed by atoms with Gasteiger partial charge < -0.3 is 14.2 Å². The number of carbonyl (C=O) groups is 1. The predicted octanol–water partition coefficient (Wildman–Crippen LogP) is 6.08. The Kier molecular flexibility index (Phi) is 8.47. The summed E-state index contributed by atoms with van der Waals surface area (Å²) in [6.07, 6.45) is 0.553. The number of sulfonamides is 1. The number of benzene rings is 2. The third kappa shape index (κ3) is 7.33. The molecule has 0 saturated carbocycles. The van der Waals surface area contributed by atoms with Crippen molar-refractivity contribution in [3.63, 3.8) is 0 Å². The van der Waals surface area contributed by atoms with Crippen LogP contribution in [0.5, 0.6) is 5.88 Å². The van der Waals surface area contributed by atoms with Crippen molar-refractivity contribution in [2.75, 3.05) is 11.3 Å². The molecule has 0 unspecified atom stereocenters. The van der Waals surface area contributed by atoms with Gasteiger partial charge in [0.2, 0.25) is 17.7 Å². The second-order valence-electron chi connectivity index (χ2n) is 13.7. The average Bonchev–Trinajstić information content (AvgIpc) is 3.42. The van der Waals surface area contributed by atoms with Gasteiger partial charge in [0.15, 0.2) is 5.82 Å². The van der Waals surface area contributed by atoms with Gasteiger partial charge in [-0.05, 0) is 55.0 Å². The number of aryl methyl sites for hydroxylation is 2. The lowest BCUT2D eigenvalue weighted by atomic mass is 9.87. The molecule has 5 rings (SSSR count). The minimum absolute atomic E-state index is 0.00390. The van der Waals surface area contributed by atoms with E-state index < -0.39 is 22.0 Å². The first kappa shape index (κ1) is 32.1. The molecule has 1 N–H and O–H groups in total. The Bertz CT molecular complexity index is 1820. The highest BCUT2D eigenvalue weighted by Gasteiger charge is 2.33. The van der Waals surface area contributed by atoms with E-state index >= 15 is 0 Å². The van der Waals surface area contributed by atoms with E-state index in [1.807, 2.05) is 52.8 Å². The predicted molar refractivity (Wildman–Crippen MR) is 170 cm³/mol. The summed E-state index contributed by atoms with van der Waals surface area (Å²) in [6, 6.07) is 13.0. The Labute approximate surface area is 264 Å². The van der Waals surface area contributed by atoms with E-state index in [1.165, 1.54) is 12.1 Å². The normalized spacial score (nSPS) is 17.0. The first-order chi connectivity index (χ1) is 21.0. The smallest absolute Gasteiger partial charge is 0.264 e. The van der Waals surface area contributed by atoms with Gasteiger partial charge in [-0.2, -0.15) is 9.97 Å². The van der Waals surface area contributed by atoms with Crippen LogP contribution in [0, 0.1) is 19.3 Å². The number of anilines is 1. The molecule has 1 aliphatic rings. The third-order valence-corrected chi connectivity index (χ3v) is 8.80. The Morgan fingerprint density at radius 1 is 0.956 bits per heavy atom. The molecule has 45 heavy (non-hydrogen) atoms. The molecule has 0 spiro atoms. The fourth-order valence-electron chi connectivity index (χ4n) is 5.32. The van der Waals surface area contributed by atoms with Crippen LogP contribution in [0.1, 0.15) is 81.2 Å². The Hall–Kier alpha value is -4.32. The molecule has 238 valence electrons. The van der Waals surface area contributed by atoms with Crippen molar-refractivity contribution < 1.29 is 22.5 Å². The molecule has 4 aromatic rings. The Morgan fingerprint density at radius 2 is 1.64 bits per heavy atom. The van der Waals surface area contributed by atoms with E-state index in [0.29, 0.717) is 17.9 Å². The summed E-state index contributed by atoms with van der Waals surface area (Å²) in [4.78, 5) is 29.4. The molecule has 0 fully saturated rings. The zero-order valence-electron chi connectivity index (χ0n) is 27.0. The van der Waals surface area contributed by atoms with Crippen molar-refractivity contribution in [2.24, 2.45) is 5.41 Å². The molecule has 2 aromatic carbocycles. The largest absolute Gasteiger partial charge is 0.475 e. The molecule has 4 bridgehead atoms. The van der Waals surface area contributed by atoms with Crippen LogP contribution in [0.15, 0.2) is 57.9 Å². The lowest BCUT2D eigenvalue weighted by Crippen LogP contribution is -2.45. The number of aromatic nitrogens is 4. The number of hydrogen-bond acceptors (Lipinski definition) is 9. The number of hydrogen-bond donors (Lipinski definition) is 1. The van der Waals surface area contributed by atoms with E-state index in [-0.39, 0.29) is 52.2 Å². The average molecular weight is 633 g/mol. The Morgan fingerprint density at radius 3 is 2.29 bits per heavy atom. The van der Waals surface area contributed by atoms with Crippen molar-refractivity contribution in [1.29, 1.82) is 0 Å². The summed E-state index contributed by atoms with van der Waals surface area (Å²) >= 11 is 0. The van der Waals surface area contributed by atoms with Crippen LogP contribution in [0.2, 0.25) is 0 Å². The van der Waals surface area contributed by atoms with Crippen LogP contribution in [0.25, 0.3) is 11.3 Å². The zero-order valence-corrected chi connectivity index (χ0v) is 27.8. The summed E-state index contributed by atoms with van der Waals surface area (Å²) < 4.78 is 41.6. The van der Waals surface area contributed by atoms with Gasteiger partial charge in [-0.1, -0.05) is 71.0 Å². The highest BCUT2D eigenvalue weighted by atomic mass is 32.2. The molecule has 0 saturated heterocycles. The number of fused-ring (bicyclic) bond motifs is 4. The monoisotopic (exact) mass is 632 g/mol. The van der Waals surface area contributed by atoms with Gasteiger partial charge in [-0.15, -0.1) is 0 Å². The summed E-state index contributed by atoms with van der Waals surface area (Å²) in [7, 11) is -4.18. The molecule has 12 heteroatoms. The summed E-state index contributed by atoms with van der Waals surface area (Å²) in [5, 5.41) is 4.15. The maximum Gasteiger partial charge on any atom is 0.264 e. The van der Waals surface area contributed by atoms with Crippen LogP contribution >= 0.6 is 0 Å². The minimum atomic E-state index is -4.18. The number of ether oxygens (including phenoxy) is 1. The van der Waals surface area contributed by atoms with E-state index in [9.17, 15) is 13.2 Å². The van der Waals surface area contributed by atoms with Gasteiger partial charge in [-0.3, -0.25) is 4.79 Å². The maximum absolute atomic E-state index is 14.3. The fourth-order valence-corrected chi connectivity index (χ4v) is 6.31. The van der Waals surface area contributed by atoms with Crippen molar-refractivity contribution in [1.82, 2.24) is 25.0 Å². The first-order valence-electron chi connectivity index (χ1n) is 14.9. The molecular formula is C33H40N6O5S. The summed E-state index contributed by atoms with van der Waals surface area (Å²) in [6.45, 7) is 16.2. The molecule has 3 heterocycles. The molecule has 0 aliphatic carbocycles. The number of amides is 1. The minimum Gasteiger partial charge on any atom is -0.475 e. The SMILES string of the molecule is Cc1cccc(C)c1-c1cc2nc(n1)NS(=O)(=O)c1cccc(c1)C(=O)N(Cc1nc(C(C)(C)C)no1)[C@H](CC(C)(C)C)CO2. The molecule has 0 radical (unpaired) electrons. The van der Waals surface area contributed by atoms with Gasteiger partial charge in [0.05, 0.1) is 16.6 Å². The van der Waals surface area contributed by atoms with Crippen molar-refractivity contribution in [3.8, 4) is 17.1 Å². The highest BCUT2D eigenvalue weighted by molar-refractivity contribution is 7.92. The zero-order chi connectivity index (χ0) is 32.7. The second kappa shape index (κ2) is 11.9. The molecular weight excluding hydrogens is 592 g/mol. The standard InChI is InChI=1S/C33H40N6O5S/c1-20-11-9-12-21(2)28(20)25-16-26-36-31(34-25)38-45(41,42)24-14-10-13-22(15-24)29(40)39(23(19-43-26)17-32(3,4)5)18-27-35-30(37-44-27)33(6,7)8/h9-16,23H,17-19H2,1-8H3,(H,34,36,38)/t23-/m1/s1. The fraction of sp³-hybridized carbons (Fsp3) is 0.424. The molecule has 1 aliphatic heterocycles. The Balaban J connectivity index is 1.67. The van der Waals surface area contributed by atoms with Gasteiger partial charge in [0, 0.05) is 22.6 Å². The van der Waals surface area contributed by atoms with Crippen molar-refractivity contribution in [2.45, 2.75) is 84.7 Å². The topological polar surface area (TPSA) is 140 Å². The second-order valence-corrected chi connectivity index (χ2v) is 15.4. The van der Waals surface area contributed by atoms with E-state index in [0.717, 1.165) is 16.7 Å². The summed E-state index contributed by atoms with van der Waals surface area (Å²) in [5.41, 5.74) is 2.93. The lowest BCUT2D eigenvalue weighted by molar-refractivity contribution is 0.0481. The lowest BCUT2D eigenvalue weighted by Gasteiger charge is -2.35. The van der Waals surface area contributed by atoms with Gasteiger partial charge in [-0.25, -0.2) is 18.1 Å². The maximum atomic E-state index is 14.3. The quantitative estimate of drug-likeness (QED) is 0.283. The van der Waals surface area contributed by atoms with Crippen LogP contribution in [-0.2, 0) is 22.0 Å². The molecule has 2 aromatic heterocycles. The van der Waals surface area contributed by atoms with Crippen LogP contribution in [0.4, 0.5) is 5.95 Å². The van der Waals surface area contributed by atoms with Crippen LogP contribution < -0.4 is 9.46 Å². The van der Waals surface area contributed by atoms with Gasteiger partial charge >= 0.3 is 0 Å². The third-order valence-electron chi connectivity index (χ3n) is 7.47. The molecule has 1 atom stereocenters. The first-order valence-corrected chi connectivity index (χ1v) is 16.3.